The van der Waals surface area contributed by atoms with Crippen molar-refractivity contribution in [3.63, 3.8) is 0 Å². The highest BCUT2D eigenvalue weighted by atomic mass is 16.3. The van der Waals surface area contributed by atoms with Gasteiger partial charge in [-0.05, 0) is 23.3 Å². The van der Waals surface area contributed by atoms with Gasteiger partial charge in [-0.2, -0.15) is 0 Å². The van der Waals surface area contributed by atoms with Crippen molar-refractivity contribution in [1.82, 2.24) is 0 Å². The highest BCUT2D eigenvalue weighted by Gasteiger charge is 2.23. The second-order valence-electron chi connectivity index (χ2n) is 3.72. The number of aliphatic hydroxyl groups is 2. The van der Waals surface area contributed by atoms with Gasteiger partial charge >= 0.3 is 0 Å². The Morgan fingerprint density at radius 2 is 1.73 bits per heavy atom. The van der Waals surface area contributed by atoms with Crippen LogP contribution in [-0.2, 0) is 5.60 Å². The van der Waals surface area contributed by atoms with Crippen molar-refractivity contribution in [3.8, 4) is 0 Å². The average molecular weight is 201 g/mol. The van der Waals surface area contributed by atoms with Crippen molar-refractivity contribution in [1.29, 1.82) is 0 Å². The van der Waals surface area contributed by atoms with Gasteiger partial charge in [-0.3, -0.25) is 0 Å². The summed E-state index contributed by atoms with van der Waals surface area (Å²) in [5.41, 5.74) is -0.774. The molecular weight excluding hydrogens is 188 g/mol. The van der Waals surface area contributed by atoms with Crippen LogP contribution in [0.5, 0.6) is 0 Å². The molecule has 1 radical (unpaired) electrons. The van der Waals surface area contributed by atoms with Gasteiger partial charge in [-0.1, -0.05) is 42.5 Å². The van der Waals surface area contributed by atoms with Crippen LogP contribution in [0.25, 0.3) is 10.8 Å². The lowest BCUT2D eigenvalue weighted by Gasteiger charge is -2.22. The van der Waals surface area contributed by atoms with Crippen LogP contribution in [0.3, 0.4) is 0 Å². The molecule has 2 heteroatoms. The minimum Gasteiger partial charge on any atom is -0.393 e. The van der Waals surface area contributed by atoms with Crippen molar-refractivity contribution in [2.45, 2.75) is 5.60 Å². The van der Waals surface area contributed by atoms with Crippen LogP contribution in [0.15, 0.2) is 42.5 Å². The fourth-order valence-corrected chi connectivity index (χ4v) is 1.72. The minimum absolute atomic E-state index is 0.388. The summed E-state index contributed by atoms with van der Waals surface area (Å²) in [5, 5.41) is 21.0. The number of fused-ring (bicyclic) bond motifs is 1. The maximum Gasteiger partial charge on any atom is 0.113 e. The molecule has 1 unspecified atom stereocenters. The lowest BCUT2D eigenvalue weighted by Crippen LogP contribution is -2.26. The van der Waals surface area contributed by atoms with Gasteiger partial charge in [0.15, 0.2) is 0 Å². The summed E-state index contributed by atoms with van der Waals surface area (Å²) in [6.07, 6.45) is 0. The molecule has 0 fully saturated rings. The van der Waals surface area contributed by atoms with Gasteiger partial charge in [0.1, 0.15) is 5.60 Å². The molecule has 2 rings (SSSR count). The maximum absolute atomic E-state index is 9.93. The second-order valence-corrected chi connectivity index (χ2v) is 3.72. The van der Waals surface area contributed by atoms with Gasteiger partial charge in [-0.25, -0.2) is 0 Å². The SMILES string of the molecule is [CH2]C(O)(CO)c1cccc2ccccc12. The van der Waals surface area contributed by atoms with Gasteiger partial charge in [0, 0.05) is 0 Å². The number of aliphatic hydroxyl groups excluding tert-OH is 1. The Balaban J connectivity index is 2.71. The third-order valence-corrected chi connectivity index (χ3v) is 2.55. The number of rotatable bonds is 2. The molecule has 0 saturated carbocycles. The van der Waals surface area contributed by atoms with Crippen molar-refractivity contribution in [2.24, 2.45) is 0 Å². The van der Waals surface area contributed by atoms with E-state index >= 15 is 0 Å². The summed E-state index contributed by atoms with van der Waals surface area (Å²) in [6.45, 7) is 3.23. The van der Waals surface area contributed by atoms with Crippen LogP contribution >= 0.6 is 0 Å². The summed E-state index contributed by atoms with van der Waals surface area (Å²) in [5.74, 6) is 0. The standard InChI is InChI=1S/C13H13O2/c1-13(15,9-14)12-8-4-6-10-5-2-3-7-11(10)12/h2-8,14-15H,1,9H2. The Labute approximate surface area is 88.8 Å². The topological polar surface area (TPSA) is 40.5 Å². The van der Waals surface area contributed by atoms with Gasteiger partial charge < -0.3 is 10.2 Å². The van der Waals surface area contributed by atoms with Crippen LogP contribution < -0.4 is 0 Å². The third kappa shape index (κ3) is 1.74. The fraction of sp³-hybridized carbons (Fsp3) is 0.154. The molecule has 2 N–H and O–H groups in total. The summed E-state index contributed by atoms with van der Waals surface area (Å²) < 4.78 is 0. The van der Waals surface area contributed by atoms with Gasteiger partial charge in [0.2, 0.25) is 0 Å². The molecule has 2 nitrogen and oxygen atoms in total. The van der Waals surface area contributed by atoms with Crippen molar-refractivity contribution in [3.05, 3.63) is 55.0 Å². The van der Waals surface area contributed by atoms with E-state index in [9.17, 15) is 5.11 Å². The average Bonchev–Trinajstić information content (AvgIpc) is 2.28. The Bertz CT molecular complexity index is 469. The van der Waals surface area contributed by atoms with Crippen LogP contribution in [0.4, 0.5) is 0 Å². The van der Waals surface area contributed by atoms with Gasteiger partial charge in [-0.15, -0.1) is 0 Å². The first-order chi connectivity index (χ1) is 7.15. The molecule has 2 aromatic rings. The quantitative estimate of drug-likeness (QED) is 0.778. The van der Waals surface area contributed by atoms with E-state index in [0.29, 0.717) is 5.56 Å². The first-order valence-electron chi connectivity index (χ1n) is 4.82. The Morgan fingerprint density at radius 3 is 2.47 bits per heavy atom. The van der Waals surface area contributed by atoms with E-state index in [1.165, 1.54) is 0 Å². The predicted molar refractivity (Wildman–Crippen MR) is 60.3 cm³/mol. The molecule has 77 valence electrons. The van der Waals surface area contributed by atoms with E-state index in [4.69, 9.17) is 5.11 Å². The molecule has 0 aliphatic heterocycles. The summed E-state index contributed by atoms with van der Waals surface area (Å²) in [7, 11) is 0. The zero-order valence-corrected chi connectivity index (χ0v) is 8.35. The van der Waals surface area contributed by atoms with Crippen LogP contribution in [-0.4, -0.2) is 16.8 Å². The van der Waals surface area contributed by atoms with E-state index in [1.807, 2.05) is 36.4 Å². The monoisotopic (exact) mass is 201 g/mol. The molecule has 2 aromatic carbocycles. The predicted octanol–water partition coefficient (Wildman–Crippen LogP) is 1.85. The normalized spacial score (nSPS) is 15.1. The fourth-order valence-electron chi connectivity index (χ4n) is 1.72. The van der Waals surface area contributed by atoms with Gasteiger partial charge in [0.05, 0.1) is 6.61 Å². The molecule has 1 atom stereocenters. The van der Waals surface area contributed by atoms with E-state index in [1.54, 1.807) is 6.07 Å². The van der Waals surface area contributed by atoms with Crippen molar-refractivity contribution >= 4 is 10.8 Å². The third-order valence-electron chi connectivity index (χ3n) is 2.55. The molecule has 0 heterocycles. The Kier molecular flexibility index (Phi) is 2.47. The molecule has 0 spiro atoms. The molecule has 0 aromatic heterocycles. The zero-order chi connectivity index (χ0) is 10.9. The van der Waals surface area contributed by atoms with Gasteiger partial charge in [0.25, 0.3) is 0 Å². The summed E-state index contributed by atoms with van der Waals surface area (Å²) in [6, 6.07) is 13.3. The minimum atomic E-state index is -1.43. The first-order valence-corrected chi connectivity index (χ1v) is 4.82. The highest BCUT2D eigenvalue weighted by Crippen LogP contribution is 2.27. The molecule has 0 amide bonds. The lowest BCUT2D eigenvalue weighted by atomic mass is 9.92. The molecule has 0 aliphatic carbocycles. The number of benzene rings is 2. The molecule has 0 aliphatic rings. The van der Waals surface area contributed by atoms with E-state index in [2.05, 4.69) is 6.92 Å². The number of hydrogen-bond donors (Lipinski definition) is 2. The molecule has 0 bridgehead atoms. The van der Waals surface area contributed by atoms with Crippen LogP contribution in [0.2, 0.25) is 0 Å². The van der Waals surface area contributed by atoms with Crippen molar-refractivity contribution in [2.75, 3.05) is 6.61 Å². The Hall–Kier alpha value is -1.38. The largest absolute Gasteiger partial charge is 0.393 e. The van der Waals surface area contributed by atoms with E-state index < -0.39 is 5.60 Å². The molecular formula is C13H13O2. The molecule has 15 heavy (non-hydrogen) atoms. The maximum atomic E-state index is 9.93. The van der Waals surface area contributed by atoms with E-state index in [0.717, 1.165) is 10.8 Å². The highest BCUT2D eigenvalue weighted by molar-refractivity contribution is 5.86. The van der Waals surface area contributed by atoms with Crippen LogP contribution in [0.1, 0.15) is 5.56 Å². The first kappa shape index (κ1) is 10.1. The Morgan fingerprint density at radius 1 is 1.07 bits per heavy atom. The summed E-state index contributed by atoms with van der Waals surface area (Å²) in [4.78, 5) is 0. The van der Waals surface area contributed by atoms with Crippen LogP contribution in [0, 0.1) is 6.92 Å². The summed E-state index contributed by atoms with van der Waals surface area (Å²) >= 11 is 0. The molecule has 0 saturated heterocycles. The zero-order valence-electron chi connectivity index (χ0n) is 8.35. The second kappa shape index (κ2) is 3.65. The number of hydrogen-bond acceptors (Lipinski definition) is 2. The van der Waals surface area contributed by atoms with E-state index in [-0.39, 0.29) is 6.61 Å². The van der Waals surface area contributed by atoms with Crippen molar-refractivity contribution < 1.29 is 10.2 Å². The smallest absolute Gasteiger partial charge is 0.113 e. The lowest BCUT2D eigenvalue weighted by molar-refractivity contribution is 0.0227.